The molecule has 10 atom stereocenters. The van der Waals surface area contributed by atoms with Crippen molar-refractivity contribution in [3.05, 3.63) is 12.2 Å². The van der Waals surface area contributed by atoms with Gasteiger partial charge in [0.1, 0.15) is 0 Å². The smallest absolute Gasteiger partial charge is 0.0889 e. The quantitative estimate of drug-likeness (QED) is 0.450. The molecule has 0 aromatic rings. The van der Waals surface area contributed by atoms with Crippen LogP contribution in [0.3, 0.4) is 0 Å². The van der Waals surface area contributed by atoms with E-state index in [0.717, 1.165) is 18.4 Å². The summed E-state index contributed by atoms with van der Waals surface area (Å²) >= 11 is 0. The normalized spacial score (nSPS) is 60.9. The molecular formula is C20H32O5. The third kappa shape index (κ3) is 1.86. The van der Waals surface area contributed by atoms with Crippen LogP contribution in [0.2, 0.25) is 0 Å². The van der Waals surface area contributed by atoms with Crippen molar-refractivity contribution in [1.82, 2.24) is 0 Å². The van der Waals surface area contributed by atoms with E-state index in [1.165, 1.54) is 0 Å². The van der Waals surface area contributed by atoms with Crippen LogP contribution in [0.5, 0.6) is 0 Å². The zero-order valence-electron chi connectivity index (χ0n) is 15.2. The van der Waals surface area contributed by atoms with Crippen molar-refractivity contribution in [2.24, 2.45) is 34.0 Å². The Bertz CT molecular complexity index is 593. The second-order valence-electron chi connectivity index (χ2n) is 9.77. The Morgan fingerprint density at radius 1 is 1.08 bits per heavy atom. The minimum atomic E-state index is -1.08. The molecule has 0 aromatic heterocycles. The van der Waals surface area contributed by atoms with Gasteiger partial charge in [-0.05, 0) is 54.9 Å². The van der Waals surface area contributed by atoms with E-state index in [1.54, 1.807) is 0 Å². The van der Waals surface area contributed by atoms with Gasteiger partial charge in [-0.25, -0.2) is 0 Å². The van der Waals surface area contributed by atoms with Gasteiger partial charge in [0, 0.05) is 23.4 Å². The largest absolute Gasteiger partial charge is 0.396 e. The van der Waals surface area contributed by atoms with E-state index in [0.29, 0.717) is 19.3 Å². The molecule has 25 heavy (non-hydrogen) atoms. The van der Waals surface area contributed by atoms with Gasteiger partial charge in [0.15, 0.2) is 0 Å². The predicted molar refractivity (Wildman–Crippen MR) is 92.5 cm³/mol. The van der Waals surface area contributed by atoms with Gasteiger partial charge in [-0.15, -0.1) is 0 Å². The van der Waals surface area contributed by atoms with Crippen LogP contribution in [0.4, 0.5) is 0 Å². The van der Waals surface area contributed by atoms with Crippen molar-refractivity contribution >= 4 is 0 Å². The fraction of sp³-hybridized carbons (Fsp3) is 0.900. The molecule has 5 heteroatoms. The van der Waals surface area contributed by atoms with Gasteiger partial charge in [-0.2, -0.15) is 0 Å². The summed E-state index contributed by atoms with van der Waals surface area (Å²) in [4.78, 5) is 0. The molecule has 142 valence electrons. The monoisotopic (exact) mass is 352 g/mol. The Kier molecular flexibility index (Phi) is 3.80. The minimum absolute atomic E-state index is 0.0820. The van der Waals surface area contributed by atoms with Crippen LogP contribution in [0.25, 0.3) is 0 Å². The summed E-state index contributed by atoms with van der Waals surface area (Å²) < 4.78 is 0. The highest BCUT2D eigenvalue weighted by molar-refractivity contribution is 5.31. The SMILES string of the molecule is C=C1C(O)[C@@]23C[C@H]1CC[C@@H]2[C@@]1(C)C(O)CCC(C)(CO)[C@@H]1C(O)C3O. The molecule has 4 saturated carbocycles. The third-order valence-electron chi connectivity index (χ3n) is 8.89. The number of fused-ring (bicyclic) bond motifs is 3. The lowest BCUT2D eigenvalue weighted by molar-refractivity contribution is -0.295. The summed E-state index contributed by atoms with van der Waals surface area (Å²) in [6, 6.07) is 0. The fourth-order valence-corrected chi connectivity index (χ4v) is 7.67. The van der Waals surface area contributed by atoms with E-state index in [9.17, 15) is 25.5 Å². The minimum Gasteiger partial charge on any atom is -0.396 e. The maximum absolute atomic E-state index is 11.2. The first-order valence-corrected chi connectivity index (χ1v) is 9.66. The molecule has 0 aromatic carbocycles. The van der Waals surface area contributed by atoms with Crippen molar-refractivity contribution in [3.8, 4) is 0 Å². The molecule has 0 amide bonds. The van der Waals surface area contributed by atoms with Crippen LogP contribution in [-0.4, -0.2) is 56.6 Å². The molecule has 0 heterocycles. The van der Waals surface area contributed by atoms with Gasteiger partial charge < -0.3 is 25.5 Å². The molecule has 5 nitrogen and oxygen atoms in total. The first kappa shape index (κ1) is 17.9. The van der Waals surface area contributed by atoms with Gasteiger partial charge in [-0.3, -0.25) is 0 Å². The Labute approximate surface area is 149 Å². The molecule has 4 fully saturated rings. The molecule has 0 radical (unpaired) electrons. The van der Waals surface area contributed by atoms with Crippen molar-refractivity contribution in [2.45, 2.75) is 70.4 Å². The summed E-state index contributed by atoms with van der Waals surface area (Å²) in [5, 5.41) is 54.5. The van der Waals surface area contributed by atoms with Gasteiger partial charge in [0.25, 0.3) is 0 Å². The van der Waals surface area contributed by atoms with Crippen LogP contribution < -0.4 is 0 Å². The maximum atomic E-state index is 11.2. The molecule has 2 bridgehead atoms. The average molecular weight is 352 g/mol. The second kappa shape index (κ2) is 5.29. The second-order valence-corrected chi connectivity index (χ2v) is 9.77. The first-order valence-electron chi connectivity index (χ1n) is 9.66. The van der Waals surface area contributed by atoms with Crippen molar-refractivity contribution < 1.29 is 25.5 Å². The van der Waals surface area contributed by atoms with Crippen LogP contribution in [0, 0.1) is 34.0 Å². The molecule has 4 aliphatic carbocycles. The molecule has 0 saturated heterocycles. The highest BCUT2D eigenvalue weighted by atomic mass is 16.3. The zero-order chi connectivity index (χ0) is 18.4. The van der Waals surface area contributed by atoms with E-state index >= 15 is 0 Å². The topological polar surface area (TPSA) is 101 Å². The Balaban J connectivity index is 1.90. The molecule has 0 aliphatic heterocycles. The van der Waals surface area contributed by atoms with Crippen LogP contribution >= 0.6 is 0 Å². The van der Waals surface area contributed by atoms with E-state index < -0.39 is 46.6 Å². The molecule has 4 rings (SSSR count). The highest BCUT2D eigenvalue weighted by Crippen LogP contribution is 2.71. The number of aliphatic hydroxyl groups is 5. The van der Waals surface area contributed by atoms with Crippen molar-refractivity contribution in [3.63, 3.8) is 0 Å². The predicted octanol–water partition coefficient (Wildman–Crippen LogP) is 0.831. The Hall–Kier alpha value is -0.460. The number of hydrogen-bond acceptors (Lipinski definition) is 5. The Morgan fingerprint density at radius 2 is 1.76 bits per heavy atom. The summed E-state index contributed by atoms with van der Waals surface area (Å²) in [5.41, 5.74) is -1.26. The zero-order valence-corrected chi connectivity index (χ0v) is 15.2. The lowest BCUT2D eigenvalue weighted by Gasteiger charge is -2.68. The summed E-state index contributed by atoms with van der Waals surface area (Å²) in [7, 11) is 0. The molecule has 5 unspecified atom stereocenters. The summed E-state index contributed by atoms with van der Waals surface area (Å²) in [6.45, 7) is 7.94. The third-order valence-corrected chi connectivity index (χ3v) is 8.89. The lowest BCUT2D eigenvalue weighted by atomic mass is 9.38. The van der Waals surface area contributed by atoms with Crippen molar-refractivity contribution in [2.75, 3.05) is 6.61 Å². The fourth-order valence-electron chi connectivity index (χ4n) is 7.67. The van der Waals surface area contributed by atoms with Crippen LogP contribution in [0.15, 0.2) is 12.2 Å². The van der Waals surface area contributed by atoms with Gasteiger partial charge in [0.05, 0.1) is 24.4 Å². The van der Waals surface area contributed by atoms with E-state index in [1.807, 2.05) is 13.8 Å². The van der Waals surface area contributed by atoms with E-state index in [4.69, 9.17) is 0 Å². The lowest BCUT2D eigenvalue weighted by Crippen LogP contribution is -2.73. The number of aliphatic hydroxyl groups excluding tert-OH is 5. The Morgan fingerprint density at radius 3 is 2.40 bits per heavy atom. The summed E-state index contributed by atoms with van der Waals surface area (Å²) in [6.07, 6.45) is -0.0869. The standard InChI is InChI=1S/C20H32O5/c1-10-11-4-5-12-19(3)13(22)6-7-18(2,9-21)15(19)14(23)17(25)20(12,8-11)16(10)24/h11-17,21-25H,1,4-9H2,2-3H3/t11-,12-,13?,14?,15+,16?,17?,18?,19+,20-/m1/s1. The highest BCUT2D eigenvalue weighted by Gasteiger charge is 2.74. The van der Waals surface area contributed by atoms with Gasteiger partial charge in [-0.1, -0.05) is 20.4 Å². The van der Waals surface area contributed by atoms with E-state index in [2.05, 4.69) is 6.58 Å². The van der Waals surface area contributed by atoms with E-state index in [-0.39, 0.29) is 18.4 Å². The average Bonchev–Trinajstić information content (AvgIpc) is 2.78. The number of hydrogen-bond donors (Lipinski definition) is 5. The van der Waals surface area contributed by atoms with Crippen LogP contribution in [0.1, 0.15) is 46.0 Å². The molecule has 1 spiro atoms. The number of rotatable bonds is 1. The van der Waals surface area contributed by atoms with Gasteiger partial charge in [0.2, 0.25) is 0 Å². The van der Waals surface area contributed by atoms with Crippen molar-refractivity contribution in [1.29, 1.82) is 0 Å². The summed E-state index contributed by atoms with van der Waals surface area (Å²) in [5.74, 6) is -0.328. The molecular weight excluding hydrogens is 320 g/mol. The first-order chi connectivity index (χ1) is 11.6. The van der Waals surface area contributed by atoms with Crippen LogP contribution in [-0.2, 0) is 0 Å². The molecule has 4 aliphatic rings. The molecule has 5 N–H and O–H groups in total. The van der Waals surface area contributed by atoms with Gasteiger partial charge >= 0.3 is 0 Å². The maximum Gasteiger partial charge on any atom is 0.0889 e.